The zero-order chi connectivity index (χ0) is 19.7. The van der Waals surface area contributed by atoms with Gasteiger partial charge in [-0.05, 0) is 23.3 Å². The van der Waals surface area contributed by atoms with Crippen molar-refractivity contribution in [2.24, 2.45) is 10.4 Å². The standard InChI is InChI=1S/C25H23NO2/c1-25(2)15-21(26-20-14-8-12-17-9-6-7-13-19(17)20)23(22(27)16-25)24(28)18-10-4-3-5-11-18/h3-14,28H,15-16H2,1-2H3/b24-23+,26-21?. The lowest BCUT2D eigenvalue weighted by molar-refractivity contribution is -0.117. The monoisotopic (exact) mass is 369 g/mol. The van der Waals surface area contributed by atoms with Crippen LogP contribution >= 0.6 is 0 Å². The van der Waals surface area contributed by atoms with Crippen LogP contribution in [0.2, 0.25) is 0 Å². The van der Waals surface area contributed by atoms with E-state index in [0.29, 0.717) is 29.7 Å². The average Bonchev–Trinajstić information content (AvgIpc) is 2.67. The topological polar surface area (TPSA) is 49.7 Å². The number of nitrogens with zero attached hydrogens (tertiary/aromatic N) is 1. The number of Topliss-reactive ketones (excluding diaryl/α,β-unsaturated/α-hetero) is 1. The molecule has 0 bridgehead atoms. The van der Waals surface area contributed by atoms with Crippen LogP contribution in [-0.2, 0) is 4.79 Å². The molecule has 3 heteroatoms. The summed E-state index contributed by atoms with van der Waals surface area (Å²) in [5.74, 6) is -0.0447. The lowest BCUT2D eigenvalue weighted by Crippen LogP contribution is -2.32. The highest BCUT2D eigenvalue weighted by Gasteiger charge is 2.36. The molecule has 3 aromatic carbocycles. The maximum Gasteiger partial charge on any atom is 0.169 e. The quantitative estimate of drug-likeness (QED) is 0.427. The number of aliphatic hydroxyl groups is 1. The van der Waals surface area contributed by atoms with Crippen LogP contribution in [0.15, 0.2) is 83.4 Å². The maximum absolute atomic E-state index is 13.0. The molecule has 1 aliphatic carbocycles. The van der Waals surface area contributed by atoms with Gasteiger partial charge in [-0.2, -0.15) is 0 Å². The number of hydrogen-bond acceptors (Lipinski definition) is 3. The predicted octanol–water partition coefficient (Wildman–Crippen LogP) is 6.27. The van der Waals surface area contributed by atoms with Crippen molar-refractivity contribution in [3.05, 3.63) is 83.9 Å². The summed E-state index contributed by atoms with van der Waals surface area (Å²) in [6.07, 6.45) is 1.03. The Bertz CT molecular complexity index is 1100. The predicted molar refractivity (Wildman–Crippen MR) is 115 cm³/mol. The summed E-state index contributed by atoms with van der Waals surface area (Å²) in [5, 5.41) is 13.1. The van der Waals surface area contributed by atoms with E-state index in [9.17, 15) is 9.90 Å². The molecule has 0 atom stereocenters. The first-order valence-corrected chi connectivity index (χ1v) is 9.52. The molecule has 1 saturated carbocycles. The van der Waals surface area contributed by atoms with Crippen LogP contribution in [0.1, 0.15) is 32.3 Å². The van der Waals surface area contributed by atoms with Gasteiger partial charge >= 0.3 is 0 Å². The van der Waals surface area contributed by atoms with Crippen LogP contribution < -0.4 is 0 Å². The zero-order valence-corrected chi connectivity index (χ0v) is 16.1. The minimum absolute atomic E-state index is 0.0140. The van der Waals surface area contributed by atoms with Gasteiger partial charge in [-0.3, -0.25) is 9.79 Å². The molecular formula is C25H23NO2. The number of ketones is 1. The molecule has 0 saturated heterocycles. The molecule has 1 N–H and O–H groups in total. The zero-order valence-electron chi connectivity index (χ0n) is 16.1. The Morgan fingerprint density at radius 3 is 2.36 bits per heavy atom. The van der Waals surface area contributed by atoms with Crippen LogP contribution in [-0.4, -0.2) is 16.6 Å². The molecule has 0 radical (unpaired) electrons. The van der Waals surface area contributed by atoms with E-state index in [1.165, 1.54) is 0 Å². The Morgan fingerprint density at radius 1 is 0.893 bits per heavy atom. The largest absolute Gasteiger partial charge is 0.506 e. The van der Waals surface area contributed by atoms with Gasteiger partial charge < -0.3 is 5.11 Å². The number of hydrogen-bond donors (Lipinski definition) is 1. The number of aliphatic imine (C=N–C) groups is 1. The molecule has 0 heterocycles. The molecule has 0 spiro atoms. The minimum atomic E-state index is -0.193. The van der Waals surface area contributed by atoms with Crippen molar-refractivity contribution in [1.82, 2.24) is 0 Å². The van der Waals surface area contributed by atoms with E-state index in [1.807, 2.05) is 72.8 Å². The van der Waals surface area contributed by atoms with Crippen molar-refractivity contribution in [2.45, 2.75) is 26.7 Å². The molecule has 28 heavy (non-hydrogen) atoms. The van der Waals surface area contributed by atoms with Gasteiger partial charge in [-0.15, -0.1) is 0 Å². The molecule has 1 aliphatic rings. The van der Waals surface area contributed by atoms with E-state index in [2.05, 4.69) is 13.8 Å². The minimum Gasteiger partial charge on any atom is -0.506 e. The molecular weight excluding hydrogens is 346 g/mol. The van der Waals surface area contributed by atoms with Crippen LogP contribution in [0, 0.1) is 5.41 Å². The van der Waals surface area contributed by atoms with Gasteiger partial charge in [-0.25, -0.2) is 0 Å². The van der Waals surface area contributed by atoms with E-state index in [-0.39, 0.29) is 17.0 Å². The van der Waals surface area contributed by atoms with Crippen molar-refractivity contribution in [2.75, 3.05) is 0 Å². The van der Waals surface area contributed by atoms with Crippen molar-refractivity contribution in [3.8, 4) is 0 Å². The van der Waals surface area contributed by atoms with E-state index < -0.39 is 0 Å². The van der Waals surface area contributed by atoms with E-state index in [4.69, 9.17) is 4.99 Å². The summed E-state index contributed by atoms with van der Waals surface area (Å²) in [7, 11) is 0. The summed E-state index contributed by atoms with van der Waals surface area (Å²) >= 11 is 0. The second-order valence-corrected chi connectivity index (χ2v) is 8.09. The number of allylic oxidation sites excluding steroid dienone is 1. The van der Waals surface area contributed by atoms with E-state index in [1.54, 1.807) is 0 Å². The second kappa shape index (κ2) is 7.08. The van der Waals surface area contributed by atoms with Crippen LogP contribution in [0.25, 0.3) is 16.5 Å². The summed E-state index contributed by atoms with van der Waals surface area (Å²) in [5.41, 5.74) is 2.26. The Labute approximate surface area is 165 Å². The molecule has 3 nitrogen and oxygen atoms in total. The SMILES string of the molecule is CC1(C)CC(=O)/C(=C(/O)c2ccccc2)C(=Nc2cccc3ccccc23)C1. The summed E-state index contributed by atoms with van der Waals surface area (Å²) in [6, 6.07) is 23.3. The molecule has 1 fully saturated rings. The molecule has 140 valence electrons. The lowest BCUT2D eigenvalue weighted by Gasteiger charge is -2.31. The summed E-state index contributed by atoms with van der Waals surface area (Å²) in [4.78, 5) is 17.9. The first kappa shape index (κ1) is 18.2. The van der Waals surface area contributed by atoms with Crippen molar-refractivity contribution >= 4 is 33.7 Å². The molecule has 4 rings (SSSR count). The van der Waals surface area contributed by atoms with Gasteiger partial charge in [0, 0.05) is 17.4 Å². The molecule has 0 aliphatic heterocycles. The van der Waals surface area contributed by atoms with Gasteiger partial charge in [-0.1, -0.05) is 80.6 Å². The lowest BCUT2D eigenvalue weighted by atomic mass is 9.73. The maximum atomic E-state index is 13.0. The Morgan fingerprint density at radius 2 is 1.57 bits per heavy atom. The third-order valence-corrected chi connectivity index (χ3v) is 5.16. The average molecular weight is 369 g/mol. The fourth-order valence-corrected chi connectivity index (χ4v) is 3.84. The Kier molecular flexibility index (Phi) is 4.60. The van der Waals surface area contributed by atoms with Gasteiger partial charge in [0.25, 0.3) is 0 Å². The Balaban J connectivity index is 1.92. The van der Waals surface area contributed by atoms with Gasteiger partial charge in [0.2, 0.25) is 0 Å². The molecule has 0 unspecified atom stereocenters. The highest BCUT2D eigenvalue weighted by Crippen LogP contribution is 2.38. The van der Waals surface area contributed by atoms with Crippen molar-refractivity contribution < 1.29 is 9.90 Å². The number of carbonyl (C=O) groups is 1. The normalized spacial score (nSPS) is 19.8. The Hall–Kier alpha value is -3.20. The highest BCUT2D eigenvalue weighted by atomic mass is 16.3. The molecule has 0 aromatic heterocycles. The van der Waals surface area contributed by atoms with E-state index >= 15 is 0 Å². The third kappa shape index (κ3) is 3.48. The summed E-state index contributed by atoms with van der Waals surface area (Å²) < 4.78 is 0. The van der Waals surface area contributed by atoms with Crippen molar-refractivity contribution in [3.63, 3.8) is 0 Å². The van der Waals surface area contributed by atoms with Gasteiger partial charge in [0.15, 0.2) is 5.78 Å². The van der Waals surface area contributed by atoms with E-state index in [0.717, 1.165) is 16.5 Å². The number of carbonyl (C=O) groups excluding carboxylic acids is 1. The fourth-order valence-electron chi connectivity index (χ4n) is 3.84. The highest BCUT2D eigenvalue weighted by molar-refractivity contribution is 6.28. The third-order valence-electron chi connectivity index (χ3n) is 5.16. The molecule has 3 aromatic rings. The second-order valence-electron chi connectivity index (χ2n) is 8.09. The van der Waals surface area contributed by atoms with Crippen molar-refractivity contribution in [1.29, 1.82) is 0 Å². The first-order chi connectivity index (χ1) is 13.4. The van der Waals surface area contributed by atoms with Crippen LogP contribution in [0.5, 0.6) is 0 Å². The van der Waals surface area contributed by atoms with Crippen LogP contribution in [0.3, 0.4) is 0 Å². The van der Waals surface area contributed by atoms with Crippen LogP contribution in [0.4, 0.5) is 5.69 Å². The first-order valence-electron chi connectivity index (χ1n) is 9.52. The number of fused-ring (bicyclic) bond motifs is 1. The number of rotatable bonds is 2. The molecule has 0 amide bonds. The number of aliphatic hydroxyl groups excluding tert-OH is 1. The van der Waals surface area contributed by atoms with Gasteiger partial charge in [0.1, 0.15) is 5.76 Å². The van der Waals surface area contributed by atoms with Gasteiger partial charge in [0.05, 0.1) is 17.0 Å². The smallest absolute Gasteiger partial charge is 0.169 e. The fraction of sp³-hybridized carbons (Fsp3) is 0.200. The summed E-state index contributed by atoms with van der Waals surface area (Å²) in [6.45, 7) is 4.14. The number of benzene rings is 3.